The van der Waals surface area contributed by atoms with Crippen LogP contribution in [0.5, 0.6) is 0 Å². The van der Waals surface area contributed by atoms with Gasteiger partial charge in [0.05, 0.1) is 17.1 Å². The molecule has 1 N–H and O–H groups in total. The first-order valence-electron chi connectivity index (χ1n) is 7.80. The number of morpholine rings is 1. The maximum absolute atomic E-state index is 11.5. The molecular weight excluding hydrogens is 336 g/mol. The molecule has 1 aliphatic rings. The highest BCUT2D eigenvalue weighted by Gasteiger charge is 2.27. The van der Waals surface area contributed by atoms with E-state index in [2.05, 4.69) is 5.32 Å². The highest BCUT2D eigenvalue weighted by molar-refractivity contribution is 5.71. The number of hydrogen-bond acceptors (Lipinski definition) is 8. The van der Waals surface area contributed by atoms with Gasteiger partial charge in [0.15, 0.2) is 5.57 Å². The summed E-state index contributed by atoms with van der Waals surface area (Å²) in [5.41, 5.74) is -0.0926. The van der Waals surface area contributed by atoms with Crippen LogP contribution in [0.3, 0.4) is 0 Å². The predicted molar refractivity (Wildman–Crippen MR) is 92.8 cm³/mol. The van der Waals surface area contributed by atoms with Gasteiger partial charge in [0.2, 0.25) is 0 Å². The fourth-order valence-corrected chi connectivity index (χ4v) is 2.82. The summed E-state index contributed by atoms with van der Waals surface area (Å²) in [4.78, 5) is 12.9. The van der Waals surface area contributed by atoms with Crippen LogP contribution in [0.25, 0.3) is 0 Å². The van der Waals surface area contributed by atoms with E-state index >= 15 is 0 Å². The molecule has 2 atom stereocenters. The van der Waals surface area contributed by atoms with E-state index in [-0.39, 0.29) is 29.3 Å². The Morgan fingerprint density at radius 1 is 1.23 bits per heavy atom. The van der Waals surface area contributed by atoms with Gasteiger partial charge in [-0.15, -0.1) is 0 Å². The Labute approximate surface area is 150 Å². The van der Waals surface area contributed by atoms with Gasteiger partial charge >= 0.3 is 0 Å². The SMILES string of the molecule is CC1CN(c2ccc(NC(C#N)=C(C#N)C#N)cc2[N+](=O)[O-])CC(C)O1. The lowest BCUT2D eigenvalue weighted by molar-refractivity contribution is -0.384. The predicted octanol–water partition coefficient (Wildman–Crippen LogP) is 2.45. The van der Waals surface area contributed by atoms with Crippen LogP contribution in [-0.2, 0) is 4.74 Å². The van der Waals surface area contributed by atoms with Gasteiger partial charge in [0, 0.05) is 24.8 Å². The molecule has 0 aromatic heterocycles. The molecule has 0 spiro atoms. The van der Waals surface area contributed by atoms with E-state index in [1.165, 1.54) is 6.07 Å². The van der Waals surface area contributed by atoms with Gasteiger partial charge in [0.1, 0.15) is 29.6 Å². The van der Waals surface area contributed by atoms with Crippen LogP contribution in [0.15, 0.2) is 29.5 Å². The third-order valence-electron chi connectivity index (χ3n) is 3.79. The van der Waals surface area contributed by atoms with Crippen LogP contribution >= 0.6 is 0 Å². The number of anilines is 2. The topological polar surface area (TPSA) is 139 Å². The van der Waals surface area contributed by atoms with Crippen LogP contribution in [0.4, 0.5) is 17.1 Å². The normalized spacial score (nSPS) is 18.8. The van der Waals surface area contributed by atoms with Crippen LogP contribution in [0.2, 0.25) is 0 Å². The molecule has 0 saturated carbocycles. The first kappa shape index (κ1) is 18.7. The number of allylic oxidation sites excluding steroid dienone is 2. The van der Waals surface area contributed by atoms with E-state index in [4.69, 9.17) is 20.5 Å². The molecule has 2 rings (SSSR count). The summed E-state index contributed by atoms with van der Waals surface area (Å²) >= 11 is 0. The fraction of sp³-hybridized carbons (Fsp3) is 0.353. The molecule has 1 fully saturated rings. The second kappa shape index (κ2) is 7.98. The molecule has 0 aliphatic carbocycles. The van der Waals surface area contributed by atoms with E-state index in [1.54, 1.807) is 30.3 Å². The van der Waals surface area contributed by atoms with Crippen molar-refractivity contribution in [2.24, 2.45) is 0 Å². The van der Waals surface area contributed by atoms with Crippen molar-refractivity contribution >= 4 is 17.1 Å². The van der Waals surface area contributed by atoms with E-state index in [0.717, 1.165) is 0 Å². The Kier molecular flexibility index (Phi) is 5.74. The Balaban J connectivity index is 2.40. The molecule has 0 amide bonds. The van der Waals surface area contributed by atoms with E-state index in [9.17, 15) is 10.1 Å². The van der Waals surface area contributed by atoms with Gasteiger partial charge in [-0.1, -0.05) is 0 Å². The molecule has 0 bridgehead atoms. The van der Waals surface area contributed by atoms with Gasteiger partial charge in [-0.05, 0) is 26.0 Å². The molecule has 9 nitrogen and oxygen atoms in total. The number of rotatable bonds is 4. The second-order valence-electron chi connectivity index (χ2n) is 5.83. The monoisotopic (exact) mass is 352 g/mol. The van der Waals surface area contributed by atoms with Crippen LogP contribution in [0.1, 0.15) is 13.8 Å². The molecule has 132 valence electrons. The lowest BCUT2D eigenvalue weighted by Gasteiger charge is -2.36. The zero-order valence-corrected chi connectivity index (χ0v) is 14.3. The molecule has 9 heteroatoms. The zero-order valence-electron chi connectivity index (χ0n) is 14.3. The zero-order chi connectivity index (χ0) is 19.3. The molecular formula is C17H16N6O3. The van der Waals surface area contributed by atoms with Gasteiger partial charge in [-0.2, -0.15) is 15.8 Å². The summed E-state index contributed by atoms with van der Waals surface area (Å²) in [5, 5.41) is 40.9. The number of hydrogen-bond donors (Lipinski definition) is 1. The molecule has 1 heterocycles. The van der Waals surface area contributed by atoms with Crippen molar-refractivity contribution in [2.45, 2.75) is 26.1 Å². The first-order chi connectivity index (χ1) is 12.4. The summed E-state index contributed by atoms with van der Waals surface area (Å²) in [7, 11) is 0. The minimum absolute atomic E-state index is 0.0573. The summed E-state index contributed by atoms with van der Waals surface area (Å²) in [6.07, 6.45) is -0.115. The molecule has 1 saturated heterocycles. The average Bonchev–Trinajstić information content (AvgIpc) is 2.60. The minimum Gasteiger partial charge on any atom is -0.372 e. The Morgan fingerprint density at radius 2 is 1.85 bits per heavy atom. The van der Waals surface area contributed by atoms with Crippen molar-refractivity contribution in [3.8, 4) is 18.2 Å². The number of nitrogens with zero attached hydrogens (tertiary/aromatic N) is 5. The van der Waals surface area contributed by atoms with E-state index in [1.807, 2.05) is 18.7 Å². The van der Waals surface area contributed by atoms with Crippen molar-refractivity contribution in [1.29, 1.82) is 15.8 Å². The van der Waals surface area contributed by atoms with Crippen molar-refractivity contribution in [3.63, 3.8) is 0 Å². The number of nitro benzene ring substituents is 1. The van der Waals surface area contributed by atoms with Gasteiger partial charge in [-0.25, -0.2) is 0 Å². The maximum atomic E-state index is 11.5. The third-order valence-corrected chi connectivity index (χ3v) is 3.79. The van der Waals surface area contributed by atoms with Gasteiger partial charge in [-0.3, -0.25) is 10.1 Å². The largest absolute Gasteiger partial charge is 0.372 e. The summed E-state index contributed by atoms with van der Waals surface area (Å²) in [5.74, 6) is 0. The van der Waals surface area contributed by atoms with Crippen molar-refractivity contribution in [1.82, 2.24) is 0 Å². The van der Waals surface area contributed by atoms with Crippen molar-refractivity contribution < 1.29 is 9.66 Å². The standard InChI is InChI=1S/C17H16N6O3/c1-11-9-22(10-12(2)26-11)16-4-3-14(5-17(16)23(24)25)21-15(8-20)13(6-18)7-19/h3-5,11-12,21H,9-10H2,1-2H3. The van der Waals surface area contributed by atoms with E-state index < -0.39 is 10.5 Å². The lowest BCUT2D eigenvalue weighted by Crippen LogP contribution is -2.45. The molecule has 0 radical (unpaired) electrons. The van der Waals surface area contributed by atoms with E-state index in [0.29, 0.717) is 18.8 Å². The molecule has 1 aliphatic heterocycles. The van der Waals surface area contributed by atoms with Crippen LogP contribution in [-0.4, -0.2) is 30.2 Å². The molecule has 26 heavy (non-hydrogen) atoms. The Hall–Kier alpha value is -3.61. The first-order valence-corrected chi connectivity index (χ1v) is 7.80. The quantitative estimate of drug-likeness (QED) is 0.495. The lowest BCUT2D eigenvalue weighted by atomic mass is 10.1. The Bertz CT molecular complexity index is 848. The summed E-state index contributed by atoms with van der Waals surface area (Å²) in [6.45, 7) is 4.85. The van der Waals surface area contributed by atoms with Crippen LogP contribution < -0.4 is 10.2 Å². The minimum atomic E-state index is -0.503. The molecule has 1 aromatic carbocycles. The number of nitrogens with one attached hydrogen (secondary N) is 1. The summed E-state index contributed by atoms with van der Waals surface area (Å²) < 4.78 is 5.65. The Morgan fingerprint density at radius 3 is 2.35 bits per heavy atom. The maximum Gasteiger partial charge on any atom is 0.294 e. The van der Waals surface area contributed by atoms with Gasteiger partial charge < -0.3 is 15.0 Å². The van der Waals surface area contributed by atoms with Crippen molar-refractivity contribution in [3.05, 3.63) is 39.6 Å². The number of nitriles is 3. The highest BCUT2D eigenvalue weighted by Crippen LogP contribution is 2.33. The average molecular weight is 352 g/mol. The van der Waals surface area contributed by atoms with Gasteiger partial charge in [0.25, 0.3) is 5.69 Å². The third kappa shape index (κ3) is 4.07. The smallest absolute Gasteiger partial charge is 0.294 e. The number of benzene rings is 1. The fourth-order valence-electron chi connectivity index (χ4n) is 2.82. The summed E-state index contributed by atoms with van der Waals surface area (Å²) in [6, 6.07) is 9.37. The number of nitro groups is 1. The molecule has 1 aromatic rings. The highest BCUT2D eigenvalue weighted by atomic mass is 16.6. The molecule has 2 unspecified atom stereocenters. The second-order valence-corrected chi connectivity index (χ2v) is 5.83. The van der Waals surface area contributed by atoms with Crippen molar-refractivity contribution in [2.75, 3.05) is 23.3 Å². The number of ether oxygens (including phenoxy) is 1. The van der Waals surface area contributed by atoms with Crippen LogP contribution in [0, 0.1) is 44.1 Å².